The van der Waals surface area contributed by atoms with Crippen LogP contribution in [0.3, 0.4) is 0 Å². The fourth-order valence-corrected chi connectivity index (χ4v) is 1.79. The van der Waals surface area contributed by atoms with Gasteiger partial charge in [-0.15, -0.1) is 0 Å². The Kier molecular flexibility index (Phi) is 3.97. The second-order valence-corrected chi connectivity index (χ2v) is 4.75. The molecular weight excluding hydrogens is 240 g/mol. The smallest absolute Gasteiger partial charge is 0.257 e. The molecule has 0 fully saturated rings. The van der Waals surface area contributed by atoms with E-state index in [9.17, 15) is 4.79 Å². The van der Waals surface area contributed by atoms with Crippen LogP contribution in [-0.4, -0.2) is 34.5 Å². The van der Waals surface area contributed by atoms with Crippen LogP contribution in [0.1, 0.15) is 15.9 Å². The van der Waals surface area contributed by atoms with E-state index in [1.165, 1.54) is 5.56 Å². The maximum absolute atomic E-state index is 12.0. The lowest BCUT2D eigenvalue weighted by Crippen LogP contribution is -2.15. The van der Waals surface area contributed by atoms with E-state index < -0.39 is 0 Å². The summed E-state index contributed by atoms with van der Waals surface area (Å²) in [5, 5.41) is 2.77. The number of aryl methyl sites for hydroxylation is 1. The van der Waals surface area contributed by atoms with Crippen molar-refractivity contribution in [1.82, 2.24) is 14.5 Å². The predicted molar refractivity (Wildman–Crippen MR) is 75.0 cm³/mol. The topological polar surface area (TPSA) is 50.2 Å². The van der Waals surface area contributed by atoms with E-state index in [1.54, 1.807) is 17.0 Å². The highest BCUT2D eigenvalue weighted by atomic mass is 16.1. The summed E-state index contributed by atoms with van der Waals surface area (Å²) in [6.07, 6.45) is 3.44. The Balaban J connectivity index is 2.05. The molecule has 0 spiro atoms. The zero-order valence-corrected chi connectivity index (χ0v) is 11.4. The van der Waals surface area contributed by atoms with E-state index >= 15 is 0 Å². The van der Waals surface area contributed by atoms with Gasteiger partial charge in [-0.1, -0.05) is 12.1 Å². The Morgan fingerprint density at radius 2 is 2.00 bits per heavy atom. The third-order valence-corrected chi connectivity index (χ3v) is 2.76. The second-order valence-electron chi connectivity index (χ2n) is 4.75. The number of hydrogen-bond donors (Lipinski definition) is 1. The summed E-state index contributed by atoms with van der Waals surface area (Å²) in [5.41, 5.74) is 1.81. The average molecular weight is 258 g/mol. The van der Waals surface area contributed by atoms with Crippen molar-refractivity contribution in [3.8, 4) is 0 Å². The highest BCUT2D eigenvalue weighted by Crippen LogP contribution is 2.09. The highest BCUT2D eigenvalue weighted by molar-refractivity contribution is 6.03. The molecule has 0 saturated heterocycles. The molecule has 0 radical (unpaired) electrons. The van der Waals surface area contributed by atoms with Gasteiger partial charge in [0, 0.05) is 31.5 Å². The van der Waals surface area contributed by atoms with E-state index in [-0.39, 0.29) is 5.91 Å². The van der Waals surface area contributed by atoms with E-state index in [0.29, 0.717) is 11.5 Å². The van der Waals surface area contributed by atoms with Crippen LogP contribution in [0.5, 0.6) is 0 Å². The summed E-state index contributed by atoms with van der Waals surface area (Å²) >= 11 is 0. The van der Waals surface area contributed by atoms with Crippen LogP contribution in [-0.2, 0) is 13.6 Å². The first-order valence-corrected chi connectivity index (χ1v) is 6.08. The molecule has 100 valence electrons. The number of carbonyl (C=O) groups is 1. The molecule has 19 heavy (non-hydrogen) atoms. The first-order valence-electron chi connectivity index (χ1n) is 6.08. The zero-order valence-electron chi connectivity index (χ0n) is 11.4. The van der Waals surface area contributed by atoms with Crippen molar-refractivity contribution in [2.45, 2.75) is 6.54 Å². The second kappa shape index (κ2) is 5.67. The molecule has 0 aliphatic rings. The minimum Gasteiger partial charge on any atom is -0.320 e. The Labute approximate surface area is 112 Å². The first kappa shape index (κ1) is 13.3. The van der Waals surface area contributed by atoms with Gasteiger partial charge in [-0.25, -0.2) is 4.98 Å². The van der Waals surface area contributed by atoms with Crippen LogP contribution >= 0.6 is 0 Å². The van der Waals surface area contributed by atoms with E-state index in [0.717, 1.165) is 6.54 Å². The number of anilines is 1. The van der Waals surface area contributed by atoms with Gasteiger partial charge in [-0.3, -0.25) is 10.1 Å². The van der Waals surface area contributed by atoms with Crippen molar-refractivity contribution >= 4 is 11.9 Å². The van der Waals surface area contributed by atoms with Crippen molar-refractivity contribution in [1.29, 1.82) is 0 Å². The molecule has 1 amide bonds. The third kappa shape index (κ3) is 3.42. The molecule has 1 aromatic carbocycles. The summed E-state index contributed by atoms with van der Waals surface area (Å²) in [7, 11) is 5.87. The normalized spacial score (nSPS) is 10.7. The number of nitrogens with zero attached hydrogens (tertiary/aromatic N) is 3. The van der Waals surface area contributed by atoms with Gasteiger partial charge in [0.2, 0.25) is 5.95 Å². The number of rotatable bonds is 4. The van der Waals surface area contributed by atoms with Gasteiger partial charge < -0.3 is 9.47 Å². The van der Waals surface area contributed by atoms with Crippen LogP contribution in [0.2, 0.25) is 0 Å². The van der Waals surface area contributed by atoms with Gasteiger partial charge >= 0.3 is 0 Å². The van der Waals surface area contributed by atoms with Crippen molar-refractivity contribution < 1.29 is 4.79 Å². The summed E-state index contributed by atoms with van der Waals surface area (Å²) in [4.78, 5) is 18.2. The zero-order chi connectivity index (χ0) is 13.8. The molecular formula is C14H18N4O. The first-order chi connectivity index (χ1) is 9.06. The van der Waals surface area contributed by atoms with Crippen LogP contribution < -0.4 is 5.32 Å². The number of benzene rings is 1. The van der Waals surface area contributed by atoms with Gasteiger partial charge in [0.15, 0.2) is 0 Å². The molecule has 5 heteroatoms. The van der Waals surface area contributed by atoms with Crippen LogP contribution in [0.15, 0.2) is 36.7 Å². The fraction of sp³-hybridized carbons (Fsp3) is 0.286. The van der Waals surface area contributed by atoms with Gasteiger partial charge in [-0.2, -0.15) is 0 Å². The summed E-state index contributed by atoms with van der Waals surface area (Å²) in [6.45, 7) is 0.862. The lowest BCUT2D eigenvalue weighted by molar-refractivity contribution is 0.102. The molecule has 0 atom stereocenters. The van der Waals surface area contributed by atoms with Crippen molar-refractivity contribution in [2.24, 2.45) is 7.05 Å². The Hall–Kier alpha value is -2.14. The van der Waals surface area contributed by atoms with Gasteiger partial charge in [0.1, 0.15) is 0 Å². The molecule has 0 aliphatic carbocycles. The molecule has 5 nitrogen and oxygen atoms in total. The molecule has 1 aromatic heterocycles. The van der Waals surface area contributed by atoms with E-state index in [4.69, 9.17) is 0 Å². The summed E-state index contributed by atoms with van der Waals surface area (Å²) in [5.74, 6) is 0.396. The number of carbonyl (C=O) groups excluding carboxylic acids is 1. The standard InChI is InChI=1S/C14H18N4O/c1-17(2)10-11-4-6-12(7-5-11)13(19)16-14-15-8-9-18(14)3/h4-9H,10H2,1-3H3,(H,15,16,19). The molecule has 2 aromatic rings. The largest absolute Gasteiger partial charge is 0.320 e. The number of amides is 1. The fourth-order valence-electron chi connectivity index (χ4n) is 1.79. The summed E-state index contributed by atoms with van der Waals surface area (Å²) < 4.78 is 1.76. The maximum atomic E-state index is 12.0. The molecule has 0 unspecified atom stereocenters. The number of aromatic nitrogens is 2. The van der Waals surface area contributed by atoms with Crippen LogP contribution in [0, 0.1) is 0 Å². The molecule has 1 N–H and O–H groups in total. The maximum Gasteiger partial charge on any atom is 0.257 e. The van der Waals surface area contributed by atoms with Gasteiger partial charge in [0.05, 0.1) is 0 Å². The van der Waals surface area contributed by atoms with Crippen molar-refractivity contribution in [3.05, 3.63) is 47.8 Å². The SMILES string of the molecule is CN(C)Cc1ccc(C(=O)Nc2nccn2C)cc1. The third-order valence-electron chi connectivity index (χ3n) is 2.76. The van der Waals surface area contributed by atoms with Crippen molar-refractivity contribution in [3.63, 3.8) is 0 Å². The molecule has 0 aliphatic heterocycles. The van der Waals surface area contributed by atoms with Crippen LogP contribution in [0.4, 0.5) is 5.95 Å². The minimum atomic E-state index is -0.147. The Bertz CT molecular complexity index is 557. The lowest BCUT2D eigenvalue weighted by Gasteiger charge is -2.10. The number of nitrogens with one attached hydrogen (secondary N) is 1. The summed E-state index contributed by atoms with van der Waals surface area (Å²) in [6, 6.07) is 7.59. The lowest BCUT2D eigenvalue weighted by atomic mass is 10.1. The quantitative estimate of drug-likeness (QED) is 0.908. The van der Waals surface area contributed by atoms with Gasteiger partial charge in [-0.05, 0) is 31.8 Å². The van der Waals surface area contributed by atoms with E-state index in [1.807, 2.05) is 45.4 Å². The van der Waals surface area contributed by atoms with Crippen molar-refractivity contribution in [2.75, 3.05) is 19.4 Å². The number of imidazole rings is 1. The Morgan fingerprint density at radius 1 is 1.32 bits per heavy atom. The van der Waals surface area contributed by atoms with E-state index in [2.05, 4.69) is 15.2 Å². The van der Waals surface area contributed by atoms with Crippen LogP contribution in [0.25, 0.3) is 0 Å². The molecule has 0 saturated carbocycles. The molecule has 0 bridgehead atoms. The predicted octanol–water partition coefficient (Wildman–Crippen LogP) is 1.73. The average Bonchev–Trinajstić information content (AvgIpc) is 2.75. The van der Waals surface area contributed by atoms with Gasteiger partial charge in [0.25, 0.3) is 5.91 Å². The minimum absolute atomic E-state index is 0.147. The Morgan fingerprint density at radius 3 is 2.53 bits per heavy atom. The highest BCUT2D eigenvalue weighted by Gasteiger charge is 2.08. The number of hydrogen-bond acceptors (Lipinski definition) is 3. The monoisotopic (exact) mass is 258 g/mol. The molecule has 2 rings (SSSR count). The molecule has 1 heterocycles.